The van der Waals surface area contributed by atoms with Crippen LogP contribution in [0.15, 0.2) is 0 Å². The number of carbonyl (C=O) groups is 1. The second kappa shape index (κ2) is 4.49. The molecule has 0 aliphatic carbocycles. The zero-order valence-corrected chi connectivity index (χ0v) is 9.53. The molecule has 0 unspecified atom stereocenters. The summed E-state index contributed by atoms with van der Waals surface area (Å²) < 4.78 is 5.33. The third kappa shape index (κ3) is 2.49. The number of rotatable bonds is 3. The summed E-state index contributed by atoms with van der Waals surface area (Å²) in [5.74, 6) is 0.813. The van der Waals surface area contributed by atoms with Crippen molar-refractivity contribution in [2.75, 3.05) is 26.2 Å². The first kappa shape index (κ1) is 10.9. The Morgan fingerprint density at radius 3 is 3.00 bits per heavy atom. The largest absolute Gasteiger partial charge is 0.369 e. The van der Waals surface area contributed by atoms with Gasteiger partial charge < -0.3 is 15.0 Å². The lowest BCUT2D eigenvalue weighted by Crippen LogP contribution is -2.36. The van der Waals surface area contributed by atoms with Gasteiger partial charge in [0.15, 0.2) is 0 Å². The van der Waals surface area contributed by atoms with E-state index in [0.29, 0.717) is 12.0 Å². The van der Waals surface area contributed by atoms with Crippen LogP contribution in [-0.2, 0) is 9.53 Å². The lowest BCUT2D eigenvalue weighted by Gasteiger charge is -2.18. The molecule has 2 saturated heterocycles. The maximum Gasteiger partial charge on any atom is 0.248 e. The monoisotopic (exact) mass is 212 g/mol. The van der Waals surface area contributed by atoms with Crippen molar-refractivity contribution in [3.05, 3.63) is 0 Å². The first-order valence-corrected chi connectivity index (χ1v) is 5.79. The number of hydrogen-bond acceptors (Lipinski definition) is 3. The number of hydrogen-bond donors (Lipinski definition) is 1. The Hall–Kier alpha value is -0.610. The van der Waals surface area contributed by atoms with Gasteiger partial charge in [-0.1, -0.05) is 0 Å². The van der Waals surface area contributed by atoms with Crippen molar-refractivity contribution < 1.29 is 9.53 Å². The molecule has 0 spiro atoms. The number of carbonyl (C=O) groups excluding carboxylic acids is 1. The van der Waals surface area contributed by atoms with E-state index in [0.717, 1.165) is 19.6 Å². The summed E-state index contributed by atoms with van der Waals surface area (Å²) in [4.78, 5) is 13.7. The van der Waals surface area contributed by atoms with E-state index in [4.69, 9.17) is 4.74 Å². The fraction of sp³-hybridized carbons (Fsp3) is 0.909. The Balaban J connectivity index is 1.78. The molecule has 2 rings (SSSR count). The highest BCUT2D eigenvalue weighted by Gasteiger charge is 2.37. The van der Waals surface area contributed by atoms with E-state index in [1.807, 2.05) is 18.7 Å². The minimum Gasteiger partial charge on any atom is -0.369 e. The molecule has 1 N–H and O–H groups in total. The molecule has 0 aromatic carbocycles. The van der Waals surface area contributed by atoms with Crippen LogP contribution >= 0.6 is 0 Å². The van der Waals surface area contributed by atoms with Crippen LogP contribution in [0.3, 0.4) is 0 Å². The zero-order valence-electron chi connectivity index (χ0n) is 9.53. The van der Waals surface area contributed by atoms with Crippen LogP contribution in [-0.4, -0.2) is 49.2 Å². The second-order valence-electron chi connectivity index (χ2n) is 4.77. The van der Waals surface area contributed by atoms with Crippen molar-refractivity contribution in [2.24, 2.45) is 5.92 Å². The molecule has 2 fully saturated rings. The molecule has 2 aliphatic rings. The first-order chi connectivity index (χ1) is 7.16. The molecular weight excluding hydrogens is 192 g/mol. The fourth-order valence-electron chi connectivity index (χ4n) is 2.38. The van der Waals surface area contributed by atoms with Crippen molar-refractivity contribution in [3.8, 4) is 0 Å². The molecule has 2 heterocycles. The van der Waals surface area contributed by atoms with Gasteiger partial charge in [0, 0.05) is 19.1 Å². The lowest BCUT2D eigenvalue weighted by atomic mass is 10.1. The van der Waals surface area contributed by atoms with E-state index < -0.39 is 0 Å². The Labute approximate surface area is 91.0 Å². The average Bonchev–Trinajstić information content (AvgIpc) is 2.72. The van der Waals surface area contributed by atoms with Crippen LogP contribution in [0.4, 0.5) is 0 Å². The van der Waals surface area contributed by atoms with Crippen LogP contribution < -0.4 is 5.32 Å². The molecule has 0 saturated carbocycles. The number of nitrogens with one attached hydrogen (secondary N) is 1. The molecule has 2 aliphatic heterocycles. The Morgan fingerprint density at radius 2 is 2.33 bits per heavy atom. The van der Waals surface area contributed by atoms with Gasteiger partial charge in [0.25, 0.3) is 0 Å². The predicted octanol–water partition coefficient (Wildman–Crippen LogP) is 0.232. The van der Waals surface area contributed by atoms with E-state index in [9.17, 15) is 4.79 Å². The van der Waals surface area contributed by atoms with Crippen LogP contribution in [0.1, 0.15) is 20.3 Å². The molecule has 0 bridgehead atoms. The smallest absolute Gasteiger partial charge is 0.248 e. The maximum absolute atomic E-state index is 11.8. The summed E-state index contributed by atoms with van der Waals surface area (Å²) in [6, 6.07) is 0.535. The summed E-state index contributed by atoms with van der Waals surface area (Å²) in [6.45, 7) is 7.03. The Kier molecular flexibility index (Phi) is 3.26. The van der Waals surface area contributed by atoms with Crippen LogP contribution in [0.2, 0.25) is 0 Å². The minimum absolute atomic E-state index is 0.133. The van der Waals surface area contributed by atoms with Crippen molar-refractivity contribution in [1.82, 2.24) is 10.2 Å². The van der Waals surface area contributed by atoms with Crippen LogP contribution in [0.25, 0.3) is 0 Å². The summed E-state index contributed by atoms with van der Waals surface area (Å²) in [6.07, 6.45) is 1.34. The van der Waals surface area contributed by atoms with Gasteiger partial charge in [0.1, 0.15) is 6.61 Å². The lowest BCUT2D eigenvalue weighted by molar-refractivity contribution is -0.136. The van der Waals surface area contributed by atoms with Gasteiger partial charge in [-0.2, -0.15) is 0 Å². The van der Waals surface area contributed by atoms with Gasteiger partial charge in [-0.15, -0.1) is 0 Å². The summed E-state index contributed by atoms with van der Waals surface area (Å²) in [5, 5.41) is 3.43. The van der Waals surface area contributed by atoms with Gasteiger partial charge in [-0.25, -0.2) is 0 Å². The molecule has 0 aromatic rings. The summed E-state index contributed by atoms with van der Waals surface area (Å²) in [7, 11) is 0. The molecule has 15 heavy (non-hydrogen) atoms. The van der Waals surface area contributed by atoms with Crippen LogP contribution in [0, 0.1) is 5.92 Å². The van der Waals surface area contributed by atoms with Gasteiger partial charge in [-0.05, 0) is 32.7 Å². The van der Waals surface area contributed by atoms with Gasteiger partial charge in [0.2, 0.25) is 5.91 Å². The summed E-state index contributed by atoms with van der Waals surface area (Å²) in [5.41, 5.74) is 0. The molecule has 2 atom stereocenters. The molecule has 0 radical (unpaired) electrons. The van der Waals surface area contributed by atoms with E-state index in [1.165, 1.54) is 6.42 Å². The number of likely N-dealkylation sites (tertiary alicyclic amines) is 1. The van der Waals surface area contributed by atoms with Crippen molar-refractivity contribution in [3.63, 3.8) is 0 Å². The topological polar surface area (TPSA) is 41.6 Å². The zero-order chi connectivity index (χ0) is 10.8. The van der Waals surface area contributed by atoms with E-state index in [1.54, 1.807) is 0 Å². The molecule has 4 heteroatoms. The average molecular weight is 212 g/mol. The van der Waals surface area contributed by atoms with Crippen molar-refractivity contribution in [1.29, 1.82) is 0 Å². The number of nitrogens with zero attached hydrogens (tertiary/aromatic N) is 1. The molecular formula is C11H20N2O2. The Morgan fingerprint density at radius 1 is 1.53 bits per heavy atom. The molecule has 1 amide bonds. The standard InChI is InChI=1S/C11H20N2O2/c1-8(2)15-7-11(14)13-5-9-3-4-12-10(9)6-13/h8-10,12H,3-7H2,1-2H3/t9-,10+/m0/s1. The fourth-order valence-corrected chi connectivity index (χ4v) is 2.38. The van der Waals surface area contributed by atoms with E-state index in [-0.39, 0.29) is 18.6 Å². The molecule has 86 valence electrons. The third-order valence-electron chi connectivity index (χ3n) is 3.26. The van der Waals surface area contributed by atoms with Gasteiger partial charge in [0.05, 0.1) is 6.10 Å². The third-order valence-corrected chi connectivity index (χ3v) is 3.26. The molecule has 4 nitrogen and oxygen atoms in total. The molecule has 0 aromatic heterocycles. The number of ether oxygens (including phenoxy) is 1. The van der Waals surface area contributed by atoms with E-state index in [2.05, 4.69) is 5.32 Å². The highest BCUT2D eigenvalue weighted by atomic mass is 16.5. The summed E-state index contributed by atoms with van der Waals surface area (Å²) >= 11 is 0. The minimum atomic E-state index is 0.133. The normalized spacial score (nSPS) is 29.9. The first-order valence-electron chi connectivity index (χ1n) is 5.79. The quantitative estimate of drug-likeness (QED) is 0.728. The van der Waals surface area contributed by atoms with Crippen molar-refractivity contribution >= 4 is 5.91 Å². The van der Waals surface area contributed by atoms with Crippen LogP contribution in [0.5, 0.6) is 0 Å². The maximum atomic E-state index is 11.8. The predicted molar refractivity (Wildman–Crippen MR) is 57.6 cm³/mol. The second-order valence-corrected chi connectivity index (χ2v) is 4.77. The van der Waals surface area contributed by atoms with Gasteiger partial charge in [-0.3, -0.25) is 4.79 Å². The SMILES string of the molecule is CC(C)OCC(=O)N1C[C@@H]2CCN[C@@H]2C1. The highest BCUT2D eigenvalue weighted by molar-refractivity contribution is 5.77. The van der Waals surface area contributed by atoms with E-state index >= 15 is 0 Å². The number of fused-ring (bicyclic) bond motifs is 1. The Bertz CT molecular complexity index is 231. The highest BCUT2D eigenvalue weighted by Crippen LogP contribution is 2.24. The van der Waals surface area contributed by atoms with Gasteiger partial charge >= 0.3 is 0 Å². The number of amides is 1. The van der Waals surface area contributed by atoms with Crippen molar-refractivity contribution in [2.45, 2.75) is 32.4 Å².